The van der Waals surface area contributed by atoms with E-state index in [1.165, 1.54) is 0 Å². The maximum atomic E-state index is 11.9. The van der Waals surface area contributed by atoms with Crippen molar-refractivity contribution in [2.75, 3.05) is 12.0 Å². The molecule has 0 saturated carbocycles. The van der Waals surface area contributed by atoms with E-state index in [-0.39, 0.29) is 18.0 Å². The topological polar surface area (TPSA) is 133 Å². The second-order valence-corrected chi connectivity index (χ2v) is 4.95. The van der Waals surface area contributed by atoms with Crippen molar-refractivity contribution in [3.8, 4) is 0 Å². The number of nitro groups is 2. The molecule has 0 aromatic heterocycles. The van der Waals surface area contributed by atoms with Crippen molar-refractivity contribution in [1.29, 1.82) is 0 Å². The van der Waals surface area contributed by atoms with Crippen molar-refractivity contribution in [3.63, 3.8) is 0 Å². The van der Waals surface area contributed by atoms with Gasteiger partial charge in [-0.25, -0.2) is 4.79 Å². The number of amides is 1. The molecule has 0 radical (unpaired) electrons. The molecule has 23 heavy (non-hydrogen) atoms. The average Bonchev–Trinajstić information content (AvgIpc) is 2.50. The smallest absolute Gasteiger partial charge is 0.329 e. The summed E-state index contributed by atoms with van der Waals surface area (Å²) in [6, 6.07) is 1.67. The first-order valence-electron chi connectivity index (χ1n) is 6.48. The second kappa shape index (κ2) is 7.29. The van der Waals surface area contributed by atoms with Gasteiger partial charge in [-0.15, -0.1) is 0 Å². The van der Waals surface area contributed by atoms with E-state index in [0.717, 1.165) is 30.2 Å². The second-order valence-electron chi connectivity index (χ2n) is 4.95. The van der Waals surface area contributed by atoms with E-state index in [9.17, 15) is 29.8 Å². The van der Waals surface area contributed by atoms with Crippen LogP contribution in [0.25, 0.3) is 0 Å². The molecular weight excluding hydrogens is 310 g/mol. The molecule has 0 N–H and O–H groups in total. The summed E-state index contributed by atoms with van der Waals surface area (Å²) in [4.78, 5) is 44.4. The Balaban J connectivity index is 3.49. The molecular formula is C13H15N3O7. The Labute approximate surface area is 130 Å². The highest BCUT2D eigenvalue weighted by atomic mass is 16.6. The molecule has 1 atom stereocenters. The minimum Gasteiger partial charge on any atom is -0.467 e. The highest BCUT2D eigenvalue weighted by Crippen LogP contribution is 2.30. The Kier molecular flexibility index (Phi) is 5.71. The summed E-state index contributed by atoms with van der Waals surface area (Å²) in [6.45, 7) is 3.29. The predicted molar refractivity (Wildman–Crippen MR) is 78.9 cm³/mol. The van der Waals surface area contributed by atoms with Gasteiger partial charge in [0.05, 0.1) is 28.7 Å². The number of carbonyl (C=O) groups excluding carboxylic acids is 2. The van der Waals surface area contributed by atoms with Crippen LogP contribution in [-0.2, 0) is 14.3 Å². The van der Waals surface area contributed by atoms with E-state index < -0.39 is 33.2 Å². The number of nitrogens with zero attached hydrogens (tertiary/aromatic N) is 3. The van der Waals surface area contributed by atoms with E-state index in [2.05, 4.69) is 4.74 Å². The highest BCUT2D eigenvalue weighted by molar-refractivity contribution is 5.90. The van der Waals surface area contributed by atoms with Gasteiger partial charge in [0.1, 0.15) is 6.04 Å². The molecule has 0 spiro atoms. The minimum absolute atomic E-state index is 0.134. The summed E-state index contributed by atoms with van der Waals surface area (Å²) in [6.07, 6.45) is 0.282. The zero-order chi connectivity index (χ0) is 17.7. The number of methoxy groups -OCH3 is 1. The SMILES string of the molecule is COC(=O)[C@H](C(C)C)N(C=O)c1cc([N+](=O)[O-])cc([N+](=O)[O-])c1. The Hall–Kier alpha value is -3.04. The van der Waals surface area contributed by atoms with Gasteiger partial charge in [0.25, 0.3) is 11.4 Å². The van der Waals surface area contributed by atoms with Crippen LogP contribution >= 0.6 is 0 Å². The third-order valence-corrected chi connectivity index (χ3v) is 3.09. The molecule has 0 heterocycles. The van der Waals surface area contributed by atoms with Crippen molar-refractivity contribution in [3.05, 3.63) is 38.4 Å². The van der Waals surface area contributed by atoms with Gasteiger partial charge < -0.3 is 4.74 Å². The molecule has 0 aliphatic carbocycles. The van der Waals surface area contributed by atoms with Crippen molar-refractivity contribution < 1.29 is 24.2 Å². The summed E-state index contributed by atoms with van der Waals surface area (Å²) in [5.41, 5.74) is -1.26. The third kappa shape index (κ3) is 3.99. The molecule has 10 nitrogen and oxygen atoms in total. The van der Waals surface area contributed by atoms with Crippen molar-refractivity contribution >= 4 is 29.4 Å². The number of ether oxygens (including phenoxy) is 1. The molecule has 1 aromatic carbocycles. The number of hydrogen-bond donors (Lipinski definition) is 0. The number of nitro benzene ring substituents is 2. The van der Waals surface area contributed by atoms with Gasteiger partial charge in [-0.3, -0.25) is 29.9 Å². The van der Waals surface area contributed by atoms with E-state index >= 15 is 0 Å². The summed E-state index contributed by atoms with van der Waals surface area (Å²) >= 11 is 0. The Morgan fingerprint density at radius 1 is 1.17 bits per heavy atom. The number of non-ortho nitro benzene ring substituents is 2. The number of benzene rings is 1. The van der Waals surface area contributed by atoms with Crippen LogP contribution in [-0.4, -0.2) is 35.4 Å². The quantitative estimate of drug-likeness (QED) is 0.322. The van der Waals surface area contributed by atoms with Gasteiger partial charge in [0, 0.05) is 12.1 Å². The van der Waals surface area contributed by atoms with Crippen LogP contribution in [0.3, 0.4) is 0 Å². The Morgan fingerprint density at radius 2 is 1.65 bits per heavy atom. The molecule has 0 unspecified atom stereocenters. The Bertz CT molecular complexity index is 612. The monoisotopic (exact) mass is 325 g/mol. The average molecular weight is 325 g/mol. The number of anilines is 1. The number of rotatable bonds is 7. The summed E-state index contributed by atoms with van der Waals surface area (Å²) < 4.78 is 4.63. The summed E-state index contributed by atoms with van der Waals surface area (Å²) in [5.74, 6) is -1.12. The fraction of sp³-hybridized carbons (Fsp3) is 0.385. The largest absolute Gasteiger partial charge is 0.467 e. The van der Waals surface area contributed by atoms with Crippen LogP contribution in [0.4, 0.5) is 17.1 Å². The van der Waals surface area contributed by atoms with Crippen molar-refractivity contribution in [2.24, 2.45) is 5.92 Å². The van der Waals surface area contributed by atoms with Gasteiger partial charge in [0.2, 0.25) is 6.41 Å². The van der Waals surface area contributed by atoms with Crippen LogP contribution in [0.1, 0.15) is 13.8 Å². The first-order chi connectivity index (χ1) is 10.7. The standard InChI is InChI=1S/C13H15N3O7/c1-8(2)12(13(18)23-3)14(7-17)9-4-10(15(19)20)6-11(5-9)16(21)22/h4-8,12H,1-3H3/t12-/m0/s1. The molecule has 124 valence electrons. The van der Waals surface area contributed by atoms with E-state index in [1.807, 2.05) is 0 Å². The number of hydrogen-bond acceptors (Lipinski definition) is 7. The lowest BCUT2D eigenvalue weighted by Crippen LogP contribution is -2.45. The van der Waals surface area contributed by atoms with Gasteiger partial charge >= 0.3 is 5.97 Å². The summed E-state index contributed by atoms with van der Waals surface area (Å²) in [7, 11) is 1.14. The lowest BCUT2D eigenvalue weighted by atomic mass is 10.0. The first-order valence-corrected chi connectivity index (χ1v) is 6.48. The number of carbonyl (C=O) groups is 2. The molecule has 1 amide bonds. The first kappa shape index (κ1) is 18.0. The fourth-order valence-corrected chi connectivity index (χ4v) is 2.05. The van der Waals surface area contributed by atoms with Crippen molar-refractivity contribution in [2.45, 2.75) is 19.9 Å². The predicted octanol–water partition coefficient (Wildman–Crippen LogP) is 1.66. The van der Waals surface area contributed by atoms with Crippen molar-refractivity contribution in [1.82, 2.24) is 0 Å². The van der Waals surface area contributed by atoms with Gasteiger partial charge in [-0.05, 0) is 5.92 Å². The van der Waals surface area contributed by atoms with E-state index in [4.69, 9.17) is 0 Å². The normalized spacial score (nSPS) is 11.7. The summed E-state index contributed by atoms with van der Waals surface area (Å²) in [5, 5.41) is 21.8. The molecule has 0 fully saturated rings. The van der Waals surface area contributed by atoms with E-state index in [0.29, 0.717) is 0 Å². The van der Waals surface area contributed by atoms with Gasteiger partial charge in [0.15, 0.2) is 0 Å². The fourth-order valence-electron chi connectivity index (χ4n) is 2.05. The van der Waals surface area contributed by atoms with Crippen LogP contribution < -0.4 is 4.90 Å². The molecule has 0 aliphatic rings. The maximum Gasteiger partial charge on any atom is 0.329 e. The lowest BCUT2D eigenvalue weighted by molar-refractivity contribution is -0.394. The minimum atomic E-state index is -1.07. The van der Waals surface area contributed by atoms with E-state index in [1.54, 1.807) is 13.8 Å². The zero-order valence-electron chi connectivity index (χ0n) is 12.7. The molecule has 10 heteroatoms. The van der Waals surface area contributed by atoms with Crippen LogP contribution in [0.15, 0.2) is 18.2 Å². The zero-order valence-corrected chi connectivity index (χ0v) is 12.7. The molecule has 1 rings (SSSR count). The maximum absolute atomic E-state index is 11.9. The highest BCUT2D eigenvalue weighted by Gasteiger charge is 2.32. The molecule has 1 aromatic rings. The number of esters is 1. The molecule has 0 saturated heterocycles. The van der Waals surface area contributed by atoms with Crippen LogP contribution in [0.5, 0.6) is 0 Å². The lowest BCUT2D eigenvalue weighted by Gasteiger charge is -2.28. The van der Waals surface area contributed by atoms with Gasteiger partial charge in [-0.2, -0.15) is 0 Å². The molecule has 0 bridgehead atoms. The molecule has 0 aliphatic heterocycles. The third-order valence-electron chi connectivity index (χ3n) is 3.09. The van der Waals surface area contributed by atoms with Crippen LogP contribution in [0.2, 0.25) is 0 Å². The Morgan fingerprint density at radius 3 is 1.96 bits per heavy atom. The van der Waals surface area contributed by atoms with Gasteiger partial charge in [-0.1, -0.05) is 13.8 Å². The van der Waals surface area contributed by atoms with Crippen LogP contribution in [0, 0.1) is 26.1 Å².